The molecule has 1 aromatic carbocycles. The van der Waals surface area contributed by atoms with Crippen LogP contribution in [-0.4, -0.2) is 24.3 Å². The summed E-state index contributed by atoms with van der Waals surface area (Å²) in [5.41, 5.74) is 4.64. The minimum Gasteiger partial charge on any atom is -0.465 e. The molecule has 0 spiro atoms. The number of nitrogens with zero attached hydrogens (tertiary/aromatic N) is 1. The summed E-state index contributed by atoms with van der Waals surface area (Å²) in [7, 11) is 1.36. The maximum absolute atomic E-state index is 11.9. The van der Waals surface area contributed by atoms with Crippen molar-refractivity contribution in [2.24, 2.45) is 0 Å². The molecule has 20 heavy (non-hydrogen) atoms. The molecule has 1 aliphatic carbocycles. The summed E-state index contributed by atoms with van der Waals surface area (Å²) < 4.78 is 5.39. The normalized spacial score (nSPS) is 11.7. The summed E-state index contributed by atoms with van der Waals surface area (Å²) in [6.45, 7) is 0. The van der Waals surface area contributed by atoms with Crippen molar-refractivity contribution < 1.29 is 14.3 Å². The lowest BCUT2D eigenvalue weighted by Crippen LogP contribution is -2.06. The molecule has 1 aliphatic rings. The minimum atomic E-state index is -0.382. The van der Waals surface area contributed by atoms with Crippen molar-refractivity contribution in [3.05, 3.63) is 51.1 Å². The minimum absolute atomic E-state index is 0.382. The van der Waals surface area contributed by atoms with Crippen LogP contribution in [0, 0.1) is 0 Å². The number of fused-ring (bicyclic) bond motifs is 3. The van der Waals surface area contributed by atoms with Gasteiger partial charge in [0.1, 0.15) is 10.9 Å². The maximum atomic E-state index is 11.9. The van der Waals surface area contributed by atoms with E-state index in [4.69, 9.17) is 4.74 Å². The van der Waals surface area contributed by atoms with E-state index in [2.05, 4.69) is 20.9 Å². The first-order chi connectivity index (χ1) is 9.63. The van der Waals surface area contributed by atoms with E-state index in [1.54, 1.807) is 18.2 Å². The molecule has 1 aromatic heterocycles. The number of carbonyl (C=O) groups excluding carboxylic acids is 2. The Labute approximate surface area is 123 Å². The second-order valence-corrected chi connectivity index (χ2v) is 5.33. The third-order valence-corrected chi connectivity index (χ3v) is 3.80. The fraction of sp³-hybridized carbons (Fsp3) is 0.133. The Kier molecular flexibility index (Phi) is 3.14. The van der Waals surface area contributed by atoms with E-state index in [1.807, 2.05) is 6.07 Å². The second-order valence-electron chi connectivity index (χ2n) is 4.52. The first kappa shape index (κ1) is 13.0. The molecule has 100 valence electrons. The van der Waals surface area contributed by atoms with Crippen LogP contribution in [0.2, 0.25) is 0 Å². The van der Waals surface area contributed by atoms with Crippen molar-refractivity contribution in [3.8, 4) is 11.3 Å². The summed E-state index contributed by atoms with van der Waals surface area (Å²) in [5.74, 6) is -0.382. The van der Waals surface area contributed by atoms with Crippen LogP contribution in [0.3, 0.4) is 0 Å². The Hall–Kier alpha value is -2.01. The molecule has 0 N–H and O–H groups in total. The molecule has 2 aromatic rings. The number of carbonyl (C=O) groups is 2. The molecule has 0 radical (unpaired) electrons. The van der Waals surface area contributed by atoms with Gasteiger partial charge in [0.25, 0.3) is 0 Å². The zero-order valence-electron chi connectivity index (χ0n) is 10.6. The number of pyridine rings is 1. The quantitative estimate of drug-likeness (QED) is 0.411. The fourth-order valence-electron chi connectivity index (χ4n) is 2.47. The van der Waals surface area contributed by atoms with Crippen LogP contribution in [0.1, 0.15) is 31.8 Å². The van der Waals surface area contributed by atoms with Crippen LogP contribution in [0.5, 0.6) is 0 Å². The number of aromatic nitrogens is 1. The van der Waals surface area contributed by atoms with E-state index in [1.165, 1.54) is 7.11 Å². The molecule has 3 rings (SSSR count). The highest BCUT2D eigenvalue weighted by molar-refractivity contribution is 9.10. The zero-order valence-corrected chi connectivity index (χ0v) is 12.2. The van der Waals surface area contributed by atoms with E-state index in [9.17, 15) is 9.59 Å². The standard InChI is InChI=1S/C15H10BrNO3/c1-20-15(19)12-6-13(16)17-14-10-4-8(7-18)2-3-9(10)5-11(12)14/h2-4,6-7H,5H2,1H3. The van der Waals surface area contributed by atoms with E-state index in [-0.39, 0.29) is 5.97 Å². The monoisotopic (exact) mass is 331 g/mol. The average molecular weight is 332 g/mol. The number of aldehydes is 1. The van der Waals surface area contributed by atoms with Gasteiger partial charge in [-0.15, -0.1) is 0 Å². The number of rotatable bonds is 2. The SMILES string of the molecule is COC(=O)c1cc(Br)nc2c1Cc1ccc(C=O)cc1-2. The van der Waals surface area contributed by atoms with Crippen molar-refractivity contribution in [2.45, 2.75) is 6.42 Å². The average Bonchev–Trinajstić information content (AvgIpc) is 2.83. The molecular formula is C15H10BrNO3. The number of benzene rings is 1. The summed E-state index contributed by atoms with van der Waals surface area (Å²) in [6.07, 6.45) is 1.42. The number of ether oxygens (including phenoxy) is 1. The van der Waals surface area contributed by atoms with Crippen LogP contribution < -0.4 is 0 Å². The largest absolute Gasteiger partial charge is 0.465 e. The highest BCUT2D eigenvalue weighted by Gasteiger charge is 2.26. The smallest absolute Gasteiger partial charge is 0.338 e. The fourth-order valence-corrected chi connectivity index (χ4v) is 2.87. The van der Waals surface area contributed by atoms with Crippen molar-refractivity contribution in [2.75, 3.05) is 7.11 Å². The van der Waals surface area contributed by atoms with Gasteiger partial charge in [-0.25, -0.2) is 9.78 Å². The predicted molar refractivity (Wildman–Crippen MR) is 76.9 cm³/mol. The van der Waals surface area contributed by atoms with Gasteiger partial charge in [0.05, 0.1) is 18.4 Å². The van der Waals surface area contributed by atoms with Crippen molar-refractivity contribution >= 4 is 28.2 Å². The van der Waals surface area contributed by atoms with Crippen LogP contribution in [0.4, 0.5) is 0 Å². The van der Waals surface area contributed by atoms with E-state index < -0.39 is 0 Å². The Bertz CT molecular complexity index is 740. The Morgan fingerprint density at radius 1 is 1.40 bits per heavy atom. The Balaban J connectivity index is 2.24. The van der Waals surface area contributed by atoms with Gasteiger partial charge in [-0.1, -0.05) is 12.1 Å². The van der Waals surface area contributed by atoms with Gasteiger partial charge in [-0.3, -0.25) is 4.79 Å². The molecule has 4 nitrogen and oxygen atoms in total. The third-order valence-electron chi connectivity index (χ3n) is 3.39. The molecule has 5 heteroatoms. The van der Waals surface area contributed by atoms with Crippen molar-refractivity contribution in [1.29, 1.82) is 0 Å². The van der Waals surface area contributed by atoms with Gasteiger partial charge in [0, 0.05) is 17.5 Å². The highest BCUT2D eigenvalue weighted by atomic mass is 79.9. The second kappa shape index (κ2) is 4.83. The highest BCUT2D eigenvalue weighted by Crippen LogP contribution is 2.38. The van der Waals surface area contributed by atoms with Gasteiger partial charge in [-0.2, -0.15) is 0 Å². The Morgan fingerprint density at radius 2 is 2.20 bits per heavy atom. The zero-order chi connectivity index (χ0) is 14.3. The Morgan fingerprint density at radius 3 is 2.90 bits per heavy atom. The lowest BCUT2D eigenvalue weighted by atomic mass is 10.1. The third kappa shape index (κ3) is 1.94. The van der Waals surface area contributed by atoms with E-state index in [0.29, 0.717) is 22.2 Å². The molecule has 0 amide bonds. The van der Waals surface area contributed by atoms with E-state index in [0.717, 1.165) is 28.7 Å². The molecule has 0 fully saturated rings. The van der Waals surface area contributed by atoms with Crippen LogP contribution >= 0.6 is 15.9 Å². The summed E-state index contributed by atoms with van der Waals surface area (Å²) >= 11 is 3.31. The summed E-state index contributed by atoms with van der Waals surface area (Å²) in [6, 6.07) is 7.13. The lowest BCUT2D eigenvalue weighted by Gasteiger charge is -2.07. The molecule has 0 saturated heterocycles. The molecular weight excluding hydrogens is 322 g/mol. The maximum Gasteiger partial charge on any atom is 0.338 e. The number of methoxy groups -OCH3 is 1. The first-order valence-corrected chi connectivity index (χ1v) is 6.79. The molecule has 0 saturated carbocycles. The first-order valence-electron chi connectivity index (χ1n) is 6.00. The van der Waals surface area contributed by atoms with Crippen molar-refractivity contribution in [3.63, 3.8) is 0 Å². The predicted octanol–water partition coefficient (Wildman–Crippen LogP) is 3.01. The number of hydrogen-bond donors (Lipinski definition) is 0. The summed E-state index contributed by atoms with van der Waals surface area (Å²) in [5, 5.41) is 0. The van der Waals surface area contributed by atoms with Gasteiger partial charge >= 0.3 is 5.97 Å². The van der Waals surface area contributed by atoms with Crippen LogP contribution in [-0.2, 0) is 11.2 Å². The number of hydrogen-bond acceptors (Lipinski definition) is 4. The van der Waals surface area contributed by atoms with Crippen molar-refractivity contribution in [1.82, 2.24) is 4.98 Å². The molecule has 1 heterocycles. The topological polar surface area (TPSA) is 56.3 Å². The molecule has 0 bridgehead atoms. The molecule has 0 aliphatic heterocycles. The van der Waals surface area contributed by atoms with Gasteiger partial charge in [-0.05, 0) is 39.2 Å². The molecule has 0 atom stereocenters. The van der Waals surface area contributed by atoms with Crippen LogP contribution in [0.15, 0.2) is 28.9 Å². The molecule has 0 unspecified atom stereocenters. The van der Waals surface area contributed by atoms with Gasteiger partial charge < -0.3 is 4.74 Å². The number of esters is 1. The summed E-state index contributed by atoms with van der Waals surface area (Å²) in [4.78, 5) is 27.2. The van der Waals surface area contributed by atoms with Gasteiger partial charge in [0.15, 0.2) is 0 Å². The van der Waals surface area contributed by atoms with Crippen LogP contribution in [0.25, 0.3) is 11.3 Å². The van der Waals surface area contributed by atoms with E-state index >= 15 is 0 Å². The number of halogens is 1. The lowest BCUT2D eigenvalue weighted by molar-refractivity contribution is 0.0599. The van der Waals surface area contributed by atoms with Gasteiger partial charge in [0.2, 0.25) is 0 Å².